The molecule has 2 amide bonds. The molecule has 0 spiro atoms. The van der Waals surface area contributed by atoms with Crippen molar-refractivity contribution >= 4 is 50.9 Å². The van der Waals surface area contributed by atoms with Gasteiger partial charge < -0.3 is 14.2 Å². The average Bonchev–Trinajstić information content (AvgIpc) is 2.96. The normalized spacial score (nSPS) is 16.0. The molecule has 1 atom stereocenters. The molecule has 1 aromatic rings. The van der Waals surface area contributed by atoms with E-state index in [9.17, 15) is 14.4 Å². The molecule has 1 aliphatic rings. The molecule has 7 nitrogen and oxygen atoms in total. The Morgan fingerprint density at radius 2 is 1.97 bits per heavy atom. The van der Waals surface area contributed by atoms with Crippen molar-refractivity contribution in [2.75, 3.05) is 19.8 Å². The van der Waals surface area contributed by atoms with E-state index >= 15 is 0 Å². The first-order valence-electron chi connectivity index (χ1n) is 8.80. The van der Waals surface area contributed by atoms with Crippen LogP contribution in [-0.2, 0) is 14.3 Å². The Balaban J connectivity index is 2.35. The number of hydrogen-bond acceptors (Lipinski definition) is 7. The van der Waals surface area contributed by atoms with Gasteiger partial charge in [0.25, 0.3) is 11.1 Å². The van der Waals surface area contributed by atoms with Crippen molar-refractivity contribution in [3.8, 4) is 23.8 Å². The first-order chi connectivity index (χ1) is 13.8. The molecule has 2 rings (SSSR count). The lowest BCUT2D eigenvalue weighted by Crippen LogP contribution is -2.42. The molecule has 1 heterocycles. The first-order valence-corrected chi connectivity index (χ1v) is 10.4. The Morgan fingerprint density at radius 1 is 1.28 bits per heavy atom. The van der Waals surface area contributed by atoms with Crippen LogP contribution >= 0.6 is 27.7 Å². The quantitative estimate of drug-likeness (QED) is 0.316. The van der Waals surface area contributed by atoms with Crippen molar-refractivity contribution < 1.29 is 28.6 Å². The molecule has 154 valence electrons. The van der Waals surface area contributed by atoms with Gasteiger partial charge in [0.05, 0.1) is 18.1 Å². The average molecular weight is 482 g/mol. The summed E-state index contributed by atoms with van der Waals surface area (Å²) in [5, 5.41) is -0.531. The van der Waals surface area contributed by atoms with Crippen molar-refractivity contribution in [1.82, 2.24) is 4.90 Å². The fraction of sp³-hybridized carbons (Fsp3) is 0.350. The third-order valence-corrected chi connectivity index (χ3v) is 5.37. The van der Waals surface area contributed by atoms with Gasteiger partial charge >= 0.3 is 5.97 Å². The van der Waals surface area contributed by atoms with Crippen LogP contribution in [0.25, 0.3) is 6.08 Å². The van der Waals surface area contributed by atoms with Gasteiger partial charge in [-0.1, -0.05) is 21.9 Å². The predicted molar refractivity (Wildman–Crippen MR) is 114 cm³/mol. The van der Waals surface area contributed by atoms with E-state index in [4.69, 9.17) is 20.6 Å². The van der Waals surface area contributed by atoms with E-state index in [0.717, 1.165) is 16.7 Å². The molecular formula is C20H20BrNO6S. The lowest BCUT2D eigenvalue weighted by Gasteiger charge is -2.19. The van der Waals surface area contributed by atoms with Crippen LogP contribution in [0.5, 0.6) is 11.5 Å². The first kappa shape index (κ1) is 22.8. The van der Waals surface area contributed by atoms with Crippen LogP contribution in [0, 0.1) is 12.3 Å². The number of imide groups is 1. The standard InChI is InChI=1S/C20H20BrNO6S/c1-5-8-28-16-11-14(21)13(9-15(16)26-6-2)10-17-18(23)22(20(25)29-17)12(4)19(24)27-7-3/h1,9-12H,6-8H2,2-4H3. The molecule has 1 fully saturated rings. The second-order valence-corrected chi connectivity index (χ2v) is 7.57. The summed E-state index contributed by atoms with van der Waals surface area (Å²) in [6, 6.07) is 2.36. The monoisotopic (exact) mass is 481 g/mol. The summed E-state index contributed by atoms with van der Waals surface area (Å²) in [4.78, 5) is 38.0. The minimum Gasteiger partial charge on any atom is -0.490 e. The van der Waals surface area contributed by atoms with Crippen LogP contribution in [0.3, 0.4) is 0 Å². The number of benzene rings is 1. The Kier molecular flexibility index (Phi) is 8.17. The van der Waals surface area contributed by atoms with E-state index in [2.05, 4.69) is 21.9 Å². The highest BCUT2D eigenvalue weighted by molar-refractivity contribution is 9.10. The number of carbonyl (C=O) groups excluding carboxylic acids is 3. The van der Waals surface area contributed by atoms with Gasteiger partial charge in [0.2, 0.25) is 0 Å². The van der Waals surface area contributed by atoms with Crippen molar-refractivity contribution in [3.05, 3.63) is 27.1 Å². The van der Waals surface area contributed by atoms with Crippen molar-refractivity contribution in [3.63, 3.8) is 0 Å². The minimum atomic E-state index is -1.00. The maximum absolute atomic E-state index is 12.7. The van der Waals surface area contributed by atoms with Gasteiger partial charge in [-0.15, -0.1) is 6.42 Å². The van der Waals surface area contributed by atoms with Gasteiger partial charge in [-0.05, 0) is 56.3 Å². The summed E-state index contributed by atoms with van der Waals surface area (Å²) in [6.07, 6.45) is 6.79. The maximum Gasteiger partial charge on any atom is 0.329 e. The predicted octanol–water partition coefficient (Wildman–Crippen LogP) is 3.85. The lowest BCUT2D eigenvalue weighted by molar-refractivity contribution is -0.150. The van der Waals surface area contributed by atoms with Gasteiger partial charge in [-0.25, -0.2) is 4.79 Å². The number of halogens is 1. The highest BCUT2D eigenvalue weighted by atomic mass is 79.9. The summed E-state index contributed by atoms with van der Waals surface area (Å²) in [7, 11) is 0. The fourth-order valence-electron chi connectivity index (χ4n) is 2.49. The topological polar surface area (TPSA) is 82.1 Å². The minimum absolute atomic E-state index is 0.0799. The zero-order valence-corrected chi connectivity index (χ0v) is 18.6. The second kappa shape index (κ2) is 10.4. The second-order valence-electron chi connectivity index (χ2n) is 5.73. The van der Waals surface area contributed by atoms with Crippen LogP contribution < -0.4 is 9.47 Å². The molecular weight excluding hydrogens is 462 g/mol. The highest BCUT2D eigenvalue weighted by Gasteiger charge is 2.41. The maximum atomic E-state index is 12.7. The third kappa shape index (κ3) is 5.34. The van der Waals surface area contributed by atoms with Crippen molar-refractivity contribution in [1.29, 1.82) is 0 Å². The summed E-state index contributed by atoms with van der Waals surface area (Å²) in [5.74, 6) is 2.11. The molecule has 0 saturated carbocycles. The molecule has 0 aromatic heterocycles. The zero-order valence-electron chi connectivity index (χ0n) is 16.2. The number of thioether (sulfide) groups is 1. The van der Waals surface area contributed by atoms with Gasteiger partial charge in [0, 0.05) is 4.47 Å². The molecule has 1 unspecified atom stereocenters. The van der Waals surface area contributed by atoms with E-state index in [1.165, 1.54) is 6.92 Å². The Hall–Kier alpha value is -2.44. The molecule has 0 bridgehead atoms. The molecule has 29 heavy (non-hydrogen) atoms. The van der Waals surface area contributed by atoms with E-state index in [0.29, 0.717) is 28.1 Å². The summed E-state index contributed by atoms with van der Waals surface area (Å²) >= 11 is 4.19. The SMILES string of the molecule is C#CCOc1cc(Br)c(C=C2SC(=O)N(C(C)C(=O)OCC)C2=O)cc1OCC. The molecule has 1 aliphatic heterocycles. The number of nitrogens with zero attached hydrogens (tertiary/aromatic N) is 1. The number of ether oxygens (including phenoxy) is 3. The summed E-state index contributed by atoms with van der Waals surface area (Å²) in [5.41, 5.74) is 0.607. The van der Waals surface area contributed by atoms with Crippen molar-refractivity contribution in [2.24, 2.45) is 0 Å². The Morgan fingerprint density at radius 3 is 2.59 bits per heavy atom. The van der Waals surface area contributed by atoms with Crippen LogP contribution in [0.15, 0.2) is 21.5 Å². The largest absolute Gasteiger partial charge is 0.490 e. The summed E-state index contributed by atoms with van der Waals surface area (Å²) in [6.45, 7) is 5.59. The molecule has 0 N–H and O–H groups in total. The Labute approximate surface area is 181 Å². The number of carbonyl (C=O) groups is 3. The number of rotatable bonds is 8. The van der Waals surface area contributed by atoms with E-state index in [1.54, 1.807) is 25.1 Å². The van der Waals surface area contributed by atoms with Crippen LogP contribution in [0.2, 0.25) is 0 Å². The van der Waals surface area contributed by atoms with Crippen LogP contribution in [0.1, 0.15) is 26.3 Å². The summed E-state index contributed by atoms with van der Waals surface area (Å²) < 4.78 is 16.6. The molecule has 1 aromatic carbocycles. The molecule has 0 radical (unpaired) electrons. The Bertz CT molecular complexity index is 892. The van der Waals surface area contributed by atoms with E-state index < -0.39 is 23.2 Å². The highest BCUT2D eigenvalue weighted by Crippen LogP contribution is 2.38. The number of esters is 1. The van der Waals surface area contributed by atoms with Gasteiger partial charge in [0.15, 0.2) is 11.5 Å². The third-order valence-electron chi connectivity index (χ3n) is 3.80. The number of terminal acetylenes is 1. The fourth-order valence-corrected chi connectivity index (χ4v) is 3.82. The van der Waals surface area contributed by atoms with Gasteiger partial charge in [0.1, 0.15) is 12.6 Å². The van der Waals surface area contributed by atoms with Gasteiger partial charge in [-0.2, -0.15) is 0 Å². The molecule has 0 aliphatic carbocycles. The molecule has 1 saturated heterocycles. The smallest absolute Gasteiger partial charge is 0.329 e. The number of amides is 2. The zero-order chi connectivity index (χ0) is 21.6. The van der Waals surface area contributed by atoms with Crippen LogP contribution in [0.4, 0.5) is 4.79 Å². The van der Waals surface area contributed by atoms with Crippen LogP contribution in [-0.4, -0.2) is 47.9 Å². The number of hydrogen-bond donors (Lipinski definition) is 0. The molecule has 9 heteroatoms. The van der Waals surface area contributed by atoms with E-state index in [-0.39, 0.29) is 18.1 Å². The van der Waals surface area contributed by atoms with Crippen molar-refractivity contribution in [2.45, 2.75) is 26.8 Å². The van der Waals surface area contributed by atoms with E-state index in [1.807, 2.05) is 6.92 Å². The van der Waals surface area contributed by atoms with Gasteiger partial charge in [-0.3, -0.25) is 14.5 Å². The lowest BCUT2D eigenvalue weighted by atomic mass is 10.1.